The molecule has 21 valence electrons. The van der Waals surface area contributed by atoms with E-state index in [1.54, 1.807) is 0 Å². The van der Waals surface area contributed by atoms with Gasteiger partial charge in [0.2, 0.25) is 0 Å². The van der Waals surface area contributed by atoms with E-state index in [1.807, 2.05) is 0 Å². The first-order valence-electron chi connectivity index (χ1n) is 0.793. The third-order valence-corrected chi connectivity index (χ3v) is 0. The van der Waals surface area contributed by atoms with E-state index in [1.165, 1.54) is 0 Å². The third-order valence-electron chi connectivity index (χ3n) is 0. The molecule has 0 atom stereocenters. The van der Waals surface area contributed by atoms with Crippen molar-refractivity contribution in [3.63, 3.8) is 0 Å². The second kappa shape index (κ2) is 1.76. The van der Waals surface area contributed by atoms with Crippen LogP contribution in [0.3, 0.4) is 0 Å². The number of halogens is 1. The van der Waals surface area contributed by atoms with E-state index >= 15 is 0 Å². The Balaban J connectivity index is 2.80. The van der Waals surface area contributed by atoms with Crippen molar-refractivity contribution >= 4 is 22.5 Å². The molecule has 0 unspecified atom stereocenters. The average Bonchev–Trinajstić information content (AvgIpc) is 0.811. The summed E-state index contributed by atoms with van der Waals surface area (Å²) >= 11 is 0.776. The minimum atomic E-state index is -0.243. The summed E-state index contributed by atoms with van der Waals surface area (Å²) in [6, 6.07) is 0. The zero-order chi connectivity index (χ0) is 3.58. The first-order valence-corrected chi connectivity index (χ1v) is 2.22. The van der Waals surface area contributed by atoms with Crippen LogP contribution in [0.2, 0.25) is 0 Å². The molecular weight excluding hydrogens is 162 g/mol. The summed E-state index contributed by atoms with van der Waals surface area (Å²) < 4.78 is 10.6. The Morgan fingerprint density at radius 2 is 2.00 bits per heavy atom. The van der Waals surface area contributed by atoms with Crippen molar-refractivity contribution in [3.05, 3.63) is 10.4 Å². The summed E-state index contributed by atoms with van der Waals surface area (Å²) in [6.07, 6.45) is 0. The van der Waals surface area contributed by atoms with Crippen LogP contribution in [0.15, 0.2) is 10.4 Å². The van der Waals surface area contributed by atoms with Gasteiger partial charge in [0.25, 0.3) is 0 Å². The Kier molecular flexibility index (Phi) is 1.96. The van der Waals surface area contributed by atoms with E-state index < -0.39 is 0 Å². The maximum atomic E-state index is 10.8. The zero-order valence-corrected chi connectivity index (χ0v) is 4.94. The normalized spacial score (nSPS) is 6.50. The van der Waals surface area contributed by atoms with Crippen LogP contribution in [0.5, 0.6) is 0 Å². The van der Waals surface area contributed by atoms with Crippen LogP contribution >= 0.6 is 0 Å². The van der Waals surface area contributed by atoms with Crippen LogP contribution in [-0.4, -0.2) is 22.5 Å². The van der Waals surface area contributed by atoms with Gasteiger partial charge in [-0.1, -0.05) is 0 Å². The van der Waals surface area contributed by atoms with Gasteiger partial charge in [0.1, 0.15) is 0 Å². The molecule has 0 spiro atoms. The van der Waals surface area contributed by atoms with Gasteiger partial charge in [0.15, 0.2) is 0 Å². The molecule has 0 heterocycles. The van der Waals surface area contributed by atoms with E-state index in [2.05, 4.69) is 6.58 Å². The molecular formula is C2H2FSn. The van der Waals surface area contributed by atoms with Gasteiger partial charge in [0.05, 0.1) is 0 Å². The van der Waals surface area contributed by atoms with Crippen molar-refractivity contribution in [2.75, 3.05) is 0 Å². The molecule has 0 fully saturated rings. The van der Waals surface area contributed by atoms with E-state index in [0.29, 0.717) is 0 Å². The molecule has 0 aromatic rings. The minimum absolute atomic E-state index is 0.243. The van der Waals surface area contributed by atoms with E-state index in [0.717, 1.165) is 22.5 Å². The summed E-state index contributed by atoms with van der Waals surface area (Å²) in [5.74, 6) is 0. The fourth-order valence-electron chi connectivity index (χ4n) is 0. The van der Waals surface area contributed by atoms with Gasteiger partial charge < -0.3 is 0 Å². The summed E-state index contributed by atoms with van der Waals surface area (Å²) in [4.78, 5) is 0. The average molecular weight is 164 g/mol. The topological polar surface area (TPSA) is 0 Å². The Hall–Kier alpha value is 0.469. The van der Waals surface area contributed by atoms with Crippen molar-refractivity contribution < 1.29 is 4.39 Å². The van der Waals surface area contributed by atoms with Gasteiger partial charge >= 0.3 is 37.3 Å². The summed E-state index contributed by atoms with van der Waals surface area (Å²) in [6.45, 7) is 2.93. The Morgan fingerprint density at radius 3 is 2.00 bits per heavy atom. The fraction of sp³-hybridized carbons (Fsp3) is 0. The molecule has 0 aromatic heterocycles. The molecule has 4 heavy (non-hydrogen) atoms. The van der Waals surface area contributed by atoms with Crippen LogP contribution in [0.1, 0.15) is 0 Å². The van der Waals surface area contributed by atoms with E-state index in [4.69, 9.17) is 0 Å². The van der Waals surface area contributed by atoms with Crippen LogP contribution in [0, 0.1) is 0 Å². The van der Waals surface area contributed by atoms with Gasteiger partial charge in [-0.2, -0.15) is 0 Å². The monoisotopic (exact) mass is 165 g/mol. The second-order valence-electron chi connectivity index (χ2n) is 0.405. The quantitative estimate of drug-likeness (QED) is 0.459. The van der Waals surface area contributed by atoms with Gasteiger partial charge in [-0.3, -0.25) is 0 Å². The van der Waals surface area contributed by atoms with E-state index in [9.17, 15) is 4.39 Å². The van der Waals surface area contributed by atoms with E-state index in [-0.39, 0.29) is 3.84 Å². The summed E-state index contributed by atoms with van der Waals surface area (Å²) in [7, 11) is 0. The SMILES string of the molecule is C=[C](F)[Sn]. The molecule has 2 heteroatoms. The molecule has 0 rings (SSSR count). The summed E-state index contributed by atoms with van der Waals surface area (Å²) in [5, 5.41) is 0. The van der Waals surface area contributed by atoms with Gasteiger partial charge in [-0.05, 0) is 0 Å². The first kappa shape index (κ1) is 4.47. The molecule has 0 aromatic carbocycles. The fourth-order valence-corrected chi connectivity index (χ4v) is 0. The molecule has 0 N–H and O–H groups in total. The molecule has 0 bridgehead atoms. The third kappa shape index (κ3) is 24.2. The standard InChI is InChI=1S/C2H2F.Sn/c1-2-3;/h1H2;. The Labute approximate surface area is 37.8 Å². The second-order valence-corrected chi connectivity index (χ2v) is 1.95. The molecule has 0 amide bonds. The molecule has 0 aliphatic heterocycles. The molecule has 0 nitrogen and oxygen atoms in total. The van der Waals surface area contributed by atoms with Crippen LogP contribution in [0.25, 0.3) is 0 Å². The molecule has 0 aliphatic rings. The molecule has 3 radical (unpaired) electrons. The van der Waals surface area contributed by atoms with Crippen molar-refractivity contribution in [1.82, 2.24) is 0 Å². The molecule has 0 saturated carbocycles. The van der Waals surface area contributed by atoms with Gasteiger partial charge in [-0.25, -0.2) is 0 Å². The summed E-state index contributed by atoms with van der Waals surface area (Å²) in [5.41, 5.74) is 0. The number of hydrogen-bond acceptors (Lipinski definition) is 0. The Morgan fingerprint density at radius 1 is 2.00 bits per heavy atom. The van der Waals surface area contributed by atoms with Crippen molar-refractivity contribution in [2.45, 2.75) is 0 Å². The predicted octanol–water partition coefficient (Wildman–Crippen LogP) is 0.596. The maximum absolute atomic E-state index is 10.8. The number of hydrogen-bond donors (Lipinski definition) is 0. The predicted molar refractivity (Wildman–Crippen MR) is 16.0 cm³/mol. The van der Waals surface area contributed by atoms with Gasteiger partial charge in [0, 0.05) is 0 Å². The van der Waals surface area contributed by atoms with Crippen LogP contribution in [0.4, 0.5) is 4.39 Å². The first-order chi connectivity index (χ1) is 1.73. The van der Waals surface area contributed by atoms with Crippen LogP contribution in [-0.2, 0) is 0 Å². The van der Waals surface area contributed by atoms with Crippen molar-refractivity contribution in [2.24, 2.45) is 0 Å². The number of rotatable bonds is 0. The van der Waals surface area contributed by atoms with Crippen molar-refractivity contribution in [3.8, 4) is 0 Å². The van der Waals surface area contributed by atoms with Gasteiger partial charge in [-0.15, -0.1) is 0 Å². The molecule has 0 aliphatic carbocycles. The van der Waals surface area contributed by atoms with Crippen LogP contribution < -0.4 is 0 Å². The molecule has 0 saturated heterocycles. The zero-order valence-electron chi connectivity index (χ0n) is 2.09. The van der Waals surface area contributed by atoms with Crippen molar-refractivity contribution in [1.29, 1.82) is 0 Å². The Bertz CT molecular complexity index is 29.0.